The number of hydrogen-bond acceptors (Lipinski definition) is 1. The molecule has 0 saturated carbocycles. The van der Waals surface area contributed by atoms with Crippen molar-refractivity contribution in [1.82, 2.24) is 0 Å². The van der Waals surface area contributed by atoms with Crippen molar-refractivity contribution >= 4 is 17.3 Å². The molecule has 1 atom stereocenters. The second kappa shape index (κ2) is 5.45. The Bertz CT molecular complexity index is 639. The molecule has 1 unspecified atom stereocenters. The van der Waals surface area contributed by atoms with E-state index in [0.29, 0.717) is 10.7 Å². The maximum absolute atomic E-state index is 13.8. The van der Waals surface area contributed by atoms with Crippen LogP contribution in [0.3, 0.4) is 0 Å². The molecular weight excluding hydrogens is 273 g/mol. The second-order valence-corrected chi connectivity index (χ2v) is 5.81. The van der Waals surface area contributed by atoms with Crippen molar-refractivity contribution in [3.8, 4) is 0 Å². The van der Waals surface area contributed by atoms with Gasteiger partial charge in [0.2, 0.25) is 0 Å². The SMILES string of the molecule is CC(Nc1ccc(Cl)cc1F)c1ccc2c(c1)CCC2. The monoisotopic (exact) mass is 289 g/mol. The number of hydrogen-bond donors (Lipinski definition) is 1. The van der Waals surface area contributed by atoms with Gasteiger partial charge in [0.25, 0.3) is 0 Å². The number of nitrogens with one attached hydrogen (secondary N) is 1. The summed E-state index contributed by atoms with van der Waals surface area (Å²) in [4.78, 5) is 0. The first kappa shape index (κ1) is 13.4. The molecule has 1 N–H and O–H groups in total. The Morgan fingerprint density at radius 1 is 1.10 bits per heavy atom. The Morgan fingerprint density at radius 2 is 1.90 bits per heavy atom. The van der Waals surface area contributed by atoms with Crippen LogP contribution >= 0.6 is 11.6 Å². The number of aryl methyl sites for hydroxylation is 2. The molecule has 0 saturated heterocycles. The van der Waals surface area contributed by atoms with Crippen molar-refractivity contribution in [3.63, 3.8) is 0 Å². The molecular formula is C17H17ClFN. The van der Waals surface area contributed by atoms with E-state index in [1.54, 1.807) is 12.1 Å². The predicted octanol–water partition coefficient (Wildman–Crippen LogP) is 5.14. The molecule has 2 aromatic carbocycles. The summed E-state index contributed by atoms with van der Waals surface area (Å²) < 4.78 is 13.8. The fourth-order valence-corrected chi connectivity index (χ4v) is 2.94. The predicted molar refractivity (Wildman–Crippen MR) is 81.9 cm³/mol. The van der Waals surface area contributed by atoms with Gasteiger partial charge >= 0.3 is 0 Å². The molecule has 3 rings (SSSR count). The molecule has 1 aliphatic carbocycles. The van der Waals surface area contributed by atoms with E-state index in [-0.39, 0.29) is 11.9 Å². The van der Waals surface area contributed by atoms with Gasteiger partial charge in [0.05, 0.1) is 5.69 Å². The molecule has 0 radical (unpaired) electrons. The van der Waals surface area contributed by atoms with Crippen LogP contribution in [-0.2, 0) is 12.8 Å². The van der Waals surface area contributed by atoms with E-state index in [4.69, 9.17) is 11.6 Å². The zero-order valence-corrected chi connectivity index (χ0v) is 12.2. The Morgan fingerprint density at radius 3 is 2.70 bits per heavy atom. The Hall–Kier alpha value is -1.54. The van der Waals surface area contributed by atoms with Crippen LogP contribution in [0.15, 0.2) is 36.4 Å². The minimum atomic E-state index is -0.314. The summed E-state index contributed by atoms with van der Waals surface area (Å²) in [6, 6.07) is 11.4. The van der Waals surface area contributed by atoms with Crippen LogP contribution in [0, 0.1) is 5.82 Å². The van der Waals surface area contributed by atoms with E-state index in [2.05, 4.69) is 23.5 Å². The highest BCUT2D eigenvalue weighted by Crippen LogP contribution is 2.28. The molecule has 0 heterocycles. The first-order valence-electron chi connectivity index (χ1n) is 6.97. The molecule has 1 nitrogen and oxygen atoms in total. The maximum atomic E-state index is 13.8. The Kier molecular flexibility index (Phi) is 3.66. The lowest BCUT2D eigenvalue weighted by Crippen LogP contribution is -2.08. The highest BCUT2D eigenvalue weighted by molar-refractivity contribution is 6.30. The highest BCUT2D eigenvalue weighted by Gasteiger charge is 2.14. The average molecular weight is 290 g/mol. The molecule has 3 heteroatoms. The highest BCUT2D eigenvalue weighted by atomic mass is 35.5. The molecule has 0 aromatic heterocycles. The van der Waals surface area contributed by atoms with Gasteiger partial charge in [-0.1, -0.05) is 29.8 Å². The lowest BCUT2D eigenvalue weighted by Gasteiger charge is -2.17. The van der Waals surface area contributed by atoms with Gasteiger partial charge in [-0.3, -0.25) is 0 Å². The lowest BCUT2D eigenvalue weighted by atomic mass is 10.0. The van der Waals surface area contributed by atoms with Crippen LogP contribution < -0.4 is 5.32 Å². The molecule has 0 spiro atoms. The fraction of sp³-hybridized carbons (Fsp3) is 0.294. The van der Waals surface area contributed by atoms with Crippen molar-refractivity contribution in [2.75, 3.05) is 5.32 Å². The van der Waals surface area contributed by atoms with Gasteiger partial charge in [0.1, 0.15) is 5.82 Å². The van der Waals surface area contributed by atoms with E-state index in [1.807, 2.05) is 6.92 Å². The average Bonchev–Trinajstić information content (AvgIpc) is 2.89. The molecule has 104 valence electrons. The second-order valence-electron chi connectivity index (χ2n) is 5.37. The largest absolute Gasteiger partial charge is 0.376 e. The van der Waals surface area contributed by atoms with E-state index in [9.17, 15) is 4.39 Å². The summed E-state index contributed by atoms with van der Waals surface area (Å²) in [6.07, 6.45) is 3.58. The van der Waals surface area contributed by atoms with Crippen molar-refractivity contribution in [2.24, 2.45) is 0 Å². The van der Waals surface area contributed by atoms with E-state index < -0.39 is 0 Å². The van der Waals surface area contributed by atoms with E-state index >= 15 is 0 Å². The number of halogens is 2. The normalized spacial score (nSPS) is 14.9. The molecule has 0 aliphatic heterocycles. The van der Waals surface area contributed by atoms with Crippen molar-refractivity contribution in [2.45, 2.75) is 32.2 Å². The maximum Gasteiger partial charge on any atom is 0.147 e. The quantitative estimate of drug-likeness (QED) is 0.825. The summed E-state index contributed by atoms with van der Waals surface area (Å²) in [5, 5.41) is 3.63. The molecule has 2 aromatic rings. The fourth-order valence-electron chi connectivity index (χ4n) is 2.78. The third-order valence-electron chi connectivity index (χ3n) is 3.93. The summed E-state index contributed by atoms with van der Waals surface area (Å²) in [5.41, 5.74) is 4.58. The Labute approximate surface area is 123 Å². The van der Waals surface area contributed by atoms with Crippen LogP contribution in [0.2, 0.25) is 5.02 Å². The number of anilines is 1. The van der Waals surface area contributed by atoms with Crippen LogP contribution in [0.4, 0.5) is 10.1 Å². The van der Waals surface area contributed by atoms with Crippen LogP contribution in [-0.4, -0.2) is 0 Å². The number of benzene rings is 2. The minimum Gasteiger partial charge on any atom is -0.376 e. The van der Waals surface area contributed by atoms with Gasteiger partial charge < -0.3 is 5.32 Å². The molecule has 0 amide bonds. The number of fused-ring (bicyclic) bond motifs is 1. The van der Waals surface area contributed by atoms with Crippen LogP contribution in [0.25, 0.3) is 0 Å². The molecule has 0 bridgehead atoms. The zero-order valence-electron chi connectivity index (χ0n) is 11.4. The van der Waals surface area contributed by atoms with Crippen molar-refractivity contribution < 1.29 is 4.39 Å². The van der Waals surface area contributed by atoms with E-state index in [0.717, 1.165) is 6.42 Å². The van der Waals surface area contributed by atoms with Crippen molar-refractivity contribution in [3.05, 3.63) is 63.9 Å². The molecule has 20 heavy (non-hydrogen) atoms. The molecule has 0 fully saturated rings. The van der Waals surface area contributed by atoms with Gasteiger partial charge in [-0.2, -0.15) is 0 Å². The van der Waals surface area contributed by atoms with Gasteiger partial charge in [-0.25, -0.2) is 4.39 Å². The standard InChI is InChI=1S/C17H17ClFN/c1-11(20-17-8-7-15(18)10-16(17)19)13-6-5-12-3-2-4-14(12)9-13/h5-11,20H,2-4H2,1H3. The third-order valence-corrected chi connectivity index (χ3v) is 4.16. The van der Waals surface area contributed by atoms with Crippen LogP contribution in [0.5, 0.6) is 0 Å². The smallest absolute Gasteiger partial charge is 0.147 e. The summed E-state index contributed by atoms with van der Waals surface area (Å²) in [7, 11) is 0. The first-order valence-corrected chi connectivity index (χ1v) is 7.34. The molecule has 1 aliphatic rings. The van der Waals surface area contributed by atoms with E-state index in [1.165, 1.54) is 35.6 Å². The summed E-state index contributed by atoms with van der Waals surface area (Å²) >= 11 is 5.77. The van der Waals surface area contributed by atoms with Crippen LogP contribution in [0.1, 0.15) is 36.1 Å². The van der Waals surface area contributed by atoms with Gasteiger partial charge in [-0.15, -0.1) is 0 Å². The van der Waals surface area contributed by atoms with Gasteiger partial charge in [0.15, 0.2) is 0 Å². The summed E-state index contributed by atoms with van der Waals surface area (Å²) in [5.74, 6) is -0.314. The van der Waals surface area contributed by atoms with Crippen molar-refractivity contribution in [1.29, 1.82) is 0 Å². The third kappa shape index (κ3) is 2.66. The Balaban J connectivity index is 1.80. The lowest BCUT2D eigenvalue weighted by molar-refractivity contribution is 0.627. The number of rotatable bonds is 3. The van der Waals surface area contributed by atoms with Gasteiger partial charge in [-0.05, 0) is 61.1 Å². The zero-order chi connectivity index (χ0) is 14.1. The summed E-state index contributed by atoms with van der Waals surface area (Å²) in [6.45, 7) is 2.05. The minimum absolute atomic E-state index is 0.0663. The van der Waals surface area contributed by atoms with Gasteiger partial charge in [0, 0.05) is 11.1 Å². The topological polar surface area (TPSA) is 12.0 Å². The first-order chi connectivity index (χ1) is 9.63.